The number of carbonyl (C=O) groups is 2. The van der Waals surface area contributed by atoms with Gasteiger partial charge in [0.25, 0.3) is 0 Å². The van der Waals surface area contributed by atoms with E-state index in [9.17, 15) is 22.4 Å². The van der Waals surface area contributed by atoms with Crippen LogP contribution in [0.4, 0.5) is 15.8 Å². The number of anilines is 2. The highest BCUT2D eigenvalue weighted by Gasteiger charge is 2.19. The maximum Gasteiger partial charge on any atom is 0.244 e. The summed E-state index contributed by atoms with van der Waals surface area (Å²) in [6.45, 7) is 0.859. The average Bonchev–Trinajstić information content (AvgIpc) is 2.78. The third-order valence-electron chi connectivity index (χ3n) is 4.90. The molecule has 0 unspecified atom stereocenters. The number of amidine groups is 1. The average molecular weight is 484 g/mol. The molecule has 34 heavy (non-hydrogen) atoms. The number of hydrogen-bond donors (Lipinski definition) is 4. The van der Waals surface area contributed by atoms with Crippen LogP contribution in [0.25, 0.3) is 11.1 Å². The highest BCUT2D eigenvalue weighted by Crippen LogP contribution is 2.29. The summed E-state index contributed by atoms with van der Waals surface area (Å²) in [5.41, 5.74) is 6.54. The molecule has 176 valence electrons. The summed E-state index contributed by atoms with van der Waals surface area (Å²) in [5, 5.41) is 15.2. The van der Waals surface area contributed by atoms with Crippen molar-refractivity contribution in [2.24, 2.45) is 10.9 Å². The number of nitrogen functional groups attached to an aromatic ring is 1. The van der Waals surface area contributed by atoms with Crippen LogP contribution in [0.2, 0.25) is 0 Å². The second-order valence-electron chi connectivity index (χ2n) is 7.35. The molecule has 0 radical (unpaired) electrons. The summed E-state index contributed by atoms with van der Waals surface area (Å²) in [7, 11) is -4.03. The van der Waals surface area contributed by atoms with Crippen molar-refractivity contribution in [3.05, 3.63) is 78.1 Å². The molecule has 0 saturated carbocycles. The van der Waals surface area contributed by atoms with Crippen molar-refractivity contribution in [2.75, 3.05) is 16.8 Å². The topological polar surface area (TPSA) is 159 Å². The molecule has 0 spiro atoms. The van der Waals surface area contributed by atoms with Gasteiger partial charge in [0.2, 0.25) is 21.8 Å². The zero-order chi connectivity index (χ0) is 25.0. The quantitative estimate of drug-likeness (QED) is 0.299. The molecule has 0 saturated heterocycles. The fraction of sp³-hybridized carbons (Fsp3) is 0.0870. The van der Waals surface area contributed by atoms with Crippen molar-refractivity contribution in [1.82, 2.24) is 0 Å². The van der Waals surface area contributed by atoms with E-state index >= 15 is 0 Å². The Morgan fingerprint density at radius 2 is 1.76 bits per heavy atom. The van der Waals surface area contributed by atoms with Crippen molar-refractivity contribution in [3.8, 4) is 11.1 Å². The second-order valence-corrected chi connectivity index (χ2v) is 8.88. The van der Waals surface area contributed by atoms with Crippen LogP contribution in [0.5, 0.6) is 0 Å². The molecular formula is C23H22FN5O4S. The monoisotopic (exact) mass is 483 g/mol. The van der Waals surface area contributed by atoms with Gasteiger partial charge < -0.3 is 16.0 Å². The fourth-order valence-corrected chi connectivity index (χ4v) is 4.06. The van der Waals surface area contributed by atoms with Crippen LogP contribution in [0, 0.1) is 11.2 Å². The lowest BCUT2D eigenvalue weighted by Gasteiger charge is -2.21. The maximum atomic E-state index is 14.8. The maximum absolute atomic E-state index is 14.8. The van der Waals surface area contributed by atoms with Gasteiger partial charge in [-0.15, -0.1) is 0 Å². The van der Waals surface area contributed by atoms with Crippen molar-refractivity contribution >= 4 is 39.0 Å². The van der Waals surface area contributed by atoms with Crippen LogP contribution in [0.15, 0.2) is 71.6 Å². The number of benzene rings is 3. The summed E-state index contributed by atoms with van der Waals surface area (Å²) in [5.74, 6) is -2.10. The Bertz CT molecular complexity index is 1390. The number of nitrogens with zero attached hydrogens (tertiary/aromatic N) is 1. The number of rotatable bonds is 7. The second kappa shape index (κ2) is 9.81. The molecule has 0 fully saturated rings. The van der Waals surface area contributed by atoms with Crippen LogP contribution in [0.3, 0.4) is 0 Å². The van der Waals surface area contributed by atoms with Gasteiger partial charge in [0, 0.05) is 23.7 Å². The minimum absolute atomic E-state index is 0.150. The SMILES string of the molecule is CC(=O)N(CC(=O)Nc1ccc(-c2ccccc2S(N)(=O)=O)cc1F)c1cccc(C(=N)N)c1. The molecule has 0 aliphatic heterocycles. The lowest BCUT2D eigenvalue weighted by atomic mass is 10.0. The van der Waals surface area contributed by atoms with Gasteiger partial charge in [-0.2, -0.15) is 0 Å². The van der Waals surface area contributed by atoms with Crippen LogP contribution < -0.4 is 21.1 Å². The Hall–Kier alpha value is -4.09. The van der Waals surface area contributed by atoms with Gasteiger partial charge in [0.1, 0.15) is 18.2 Å². The Balaban J connectivity index is 1.82. The van der Waals surface area contributed by atoms with E-state index in [1.807, 2.05) is 0 Å². The Morgan fingerprint density at radius 1 is 1.06 bits per heavy atom. The number of primary sulfonamides is 1. The predicted octanol–water partition coefficient (Wildman–Crippen LogP) is 2.42. The number of nitrogens with two attached hydrogens (primary N) is 2. The first-order valence-corrected chi connectivity index (χ1v) is 11.5. The lowest BCUT2D eigenvalue weighted by molar-refractivity contribution is -0.120. The number of amides is 2. The minimum atomic E-state index is -4.03. The van der Waals surface area contributed by atoms with Gasteiger partial charge in [0.05, 0.1) is 10.6 Å². The molecule has 0 atom stereocenters. The fourth-order valence-electron chi connectivity index (χ4n) is 3.30. The smallest absolute Gasteiger partial charge is 0.244 e. The standard InChI is InChI=1S/C23H22FN5O4S/c1-14(30)29(17-6-4-5-16(11-17)23(25)26)13-22(31)28-20-10-9-15(12-19(20)24)18-7-2-3-8-21(18)34(27,32)33/h2-12H,13H2,1H3,(H3,25,26)(H,28,31)(H2,27,32,33). The van der Waals surface area contributed by atoms with E-state index in [-0.39, 0.29) is 27.5 Å². The molecule has 3 rings (SSSR count). The molecule has 0 heterocycles. The zero-order valence-corrected chi connectivity index (χ0v) is 18.9. The van der Waals surface area contributed by atoms with Crippen LogP contribution in [-0.2, 0) is 19.6 Å². The van der Waals surface area contributed by atoms with E-state index in [1.54, 1.807) is 24.3 Å². The first-order valence-electron chi connectivity index (χ1n) is 9.91. The van der Waals surface area contributed by atoms with Gasteiger partial charge in [-0.25, -0.2) is 17.9 Å². The number of sulfonamides is 1. The van der Waals surface area contributed by atoms with Gasteiger partial charge in [-0.05, 0) is 35.9 Å². The molecule has 9 nitrogen and oxygen atoms in total. The summed E-state index contributed by atoms with van der Waals surface area (Å²) < 4.78 is 38.4. The van der Waals surface area contributed by atoms with E-state index < -0.39 is 34.2 Å². The molecule has 2 amide bonds. The van der Waals surface area contributed by atoms with Gasteiger partial charge in [-0.3, -0.25) is 15.0 Å². The third-order valence-corrected chi connectivity index (χ3v) is 5.87. The molecule has 3 aromatic rings. The lowest BCUT2D eigenvalue weighted by Crippen LogP contribution is -2.37. The molecule has 6 N–H and O–H groups in total. The molecule has 0 aliphatic carbocycles. The van der Waals surface area contributed by atoms with E-state index in [0.29, 0.717) is 11.3 Å². The van der Waals surface area contributed by atoms with Crippen LogP contribution in [0.1, 0.15) is 12.5 Å². The van der Waals surface area contributed by atoms with Crippen molar-refractivity contribution in [3.63, 3.8) is 0 Å². The third kappa shape index (κ3) is 5.63. The highest BCUT2D eigenvalue weighted by molar-refractivity contribution is 7.89. The van der Waals surface area contributed by atoms with Crippen LogP contribution in [-0.4, -0.2) is 32.6 Å². The Labute approximate surface area is 195 Å². The largest absolute Gasteiger partial charge is 0.384 e. The first kappa shape index (κ1) is 24.6. The zero-order valence-electron chi connectivity index (χ0n) is 18.1. The van der Waals surface area contributed by atoms with Gasteiger partial charge in [-0.1, -0.05) is 36.4 Å². The van der Waals surface area contributed by atoms with E-state index in [1.165, 1.54) is 43.3 Å². The van der Waals surface area contributed by atoms with Crippen molar-refractivity contribution in [1.29, 1.82) is 5.41 Å². The number of nitrogens with one attached hydrogen (secondary N) is 2. The molecule has 0 aromatic heterocycles. The first-order chi connectivity index (χ1) is 16.0. The number of carbonyl (C=O) groups excluding carboxylic acids is 2. The molecular weight excluding hydrogens is 461 g/mol. The van der Waals surface area contributed by atoms with E-state index in [4.69, 9.17) is 16.3 Å². The normalized spacial score (nSPS) is 11.0. The Morgan fingerprint density at radius 3 is 2.38 bits per heavy atom. The Kier molecular flexibility index (Phi) is 7.08. The van der Waals surface area contributed by atoms with Gasteiger partial charge in [0.15, 0.2) is 0 Å². The molecule has 0 aliphatic rings. The van der Waals surface area contributed by atoms with E-state index in [2.05, 4.69) is 5.32 Å². The van der Waals surface area contributed by atoms with Crippen molar-refractivity contribution in [2.45, 2.75) is 11.8 Å². The number of hydrogen-bond acceptors (Lipinski definition) is 5. The molecule has 11 heteroatoms. The van der Waals surface area contributed by atoms with Crippen LogP contribution >= 0.6 is 0 Å². The predicted molar refractivity (Wildman–Crippen MR) is 127 cm³/mol. The molecule has 3 aromatic carbocycles. The highest BCUT2D eigenvalue weighted by atomic mass is 32.2. The summed E-state index contributed by atoms with van der Waals surface area (Å²) >= 11 is 0. The van der Waals surface area contributed by atoms with Crippen molar-refractivity contribution < 1.29 is 22.4 Å². The summed E-state index contributed by atoms with van der Waals surface area (Å²) in [6, 6.07) is 16.0. The molecule has 0 bridgehead atoms. The number of halogens is 1. The van der Waals surface area contributed by atoms with E-state index in [0.717, 1.165) is 11.0 Å². The summed E-state index contributed by atoms with van der Waals surface area (Å²) in [4.78, 5) is 25.7. The minimum Gasteiger partial charge on any atom is -0.384 e. The summed E-state index contributed by atoms with van der Waals surface area (Å²) in [6.07, 6.45) is 0. The van der Waals surface area contributed by atoms with Gasteiger partial charge >= 0.3 is 0 Å².